The van der Waals surface area contributed by atoms with E-state index < -0.39 is 5.82 Å². The van der Waals surface area contributed by atoms with Gasteiger partial charge in [-0.3, -0.25) is 9.59 Å². The zero-order valence-corrected chi connectivity index (χ0v) is 18.4. The molecule has 10 heteroatoms. The molecule has 172 valence electrons. The number of hydrogen-bond donors (Lipinski definition) is 1. The highest BCUT2D eigenvalue weighted by molar-refractivity contribution is 5.90. The molecule has 1 unspecified atom stereocenters. The smallest absolute Gasteiger partial charge is 0.280 e. The minimum atomic E-state index is -0.484. The predicted molar refractivity (Wildman–Crippen MR) is 120 cm³/mol. The standard InChI is InChI=1S/C23H25FN6O3/c1-3-16-9-21-29(13-20(31)26-19-7-6-15(24)10-25-19)22-14(2)28(11-17-5-4-8-33-17)12-18(22)23(32)30(21)27-16/h6-7,9-10,17H,2-5,8,11-13H2,1H3,(H,25,26,31). The molecule has 1 fully saturated rings. The van der Waals surface area contributed by atoms with Crippen LogP contribution in [0.2, 0.25) is 0 Å². The Morgan fingerprint density at radius 3 is 2.94 bits per heavy atom. The van der Waals surface area contributed by atoms with Crippen LogP contribution in [0, 0.1) is 5.82 Å². The highest BCUT2D eigenvalue weighted by Crippen LogP contribution is 2.32. The van der Waals surface area contributed by atoms with E-state index in [0.29, 0.717) is 42.1 Å². The van der Waals surface area contributed by atoms with E-state index in [1.807, 2.05) is 17.9 Å². The molecule has 0 aromatic carbocycles. The Morgan fingerprint density at radius 2 is 2.24 bits per heavy atom. The molecule has 1 N–H and O–H groups in total. The van der Waals surface area contributed by atoms with E-state index in [4.69, 9.17) is 4.74 Å². The number of hydrogen-bond acceptors (Lipinski definition) is 6. The van der Waals surface area contributed by atoms with Gasteiger partial charge in [0.2, 0.25) is 5.91 Å². The summed E-state index contributed by atoms with van der Waals surface area (Å²) in [4.78, 5) is 32.1. The lowest BCUT2D eigenvalue weighted by atomic mass is 10.2. The Bertz CT molecular complexity index is 1290. The third kappa shape index (κ3) is 3.91. The van der Waals surface area contributed by atoms with Crippen molar-refractivity contribution in [3.05, 3.63) is 64.1 Å². The summed E-state index contributed by atoms with van der Waals surface area (Å²) in [6, 6.07) is 4.45. The Balaban J connectivity index is 1.52. The summed E-state index contributed by atoms with van der Waals surface area (Å²) in [5, 5.41) is 7.13. The number of fused-ring (bicyclic) bond motifs is 2. The predicted octanol–water partition coefficient (Wildman–Crippen LogP) is 2.20. The largest absolute Gasteiger partial charge is 0.376 e. The third-order valence-corrected chi connectivity index (χ3v) is 6.13. The first-order valence-corrected chi connectivity index (χ1v) is 11.1. The minimum Gasteiger partial charge on any atom is -0.376 e. The second-order valence-electron chi connectivity index (χ2n) is 8.35. The van der Waals surface area contributed by atoms with E-state index in [1.54, 1.807) is 4.57 Å². The highest BCUT2D eigenvalue weighted by atomic mass is 19.1. The van der Waals surface area contributed by atoms with E-state index in [2.05, 4.69) is 22.0 Å². The van der Waals surface area contributed by atoms with Crippen molar-refractivity contribution in [3.8, 4) is 0 Å². The molecule has 9 nitrogen and oxygen atoms in total. The maximum atomic E-state index is 13.3. The molecule has 3 aromatic heterocycles. The SMILES string of the molecule is C=C1c2c(c(=O)n3nc(CC)cc3n2CC(=O)Nc2ccc(F)cn2)CN1CC1CCCO1. The average Bonchev–Trinajstić information content (AvgIpc) is 3.53. The van der Waals surface area contributed by atoms with E-state index in [-0.39, 0.29) is 29.9 Å². The molecular formula is C23H25FN6O3. The average molecular weight is 452 g/mol. The van der Waals surface area contributed by atoms with Crippen LogP contribution in [0.15, 0.2) is 35.8 Å². The topological polar surface area (TPSA) is 93.8 Å². The fourth-order valence-corrected chi connectivity index (χ4v) is 4.49. The van der Waals surface area contributed by atoms with E-state index in [1.165, 1.54) is 16.6 Å². The number of rotatable bonds is 6. The maximum absolute atomic E-state index is 13.3. The first-order chi connectivity index (χ1) is 15.9. The lowest BCUT2D eigenvalue weighted by Crippen LogP contribution is -2.28. The van der Waals surface area contributed by atoms with Crippen molar-refractivity contribution in [2.24, 2.45) is 0 Å². The van der Waals surface area contributed by atoms with Crippen LogP contribution in [0.4, 0.5) is 10.2 Å². The van der Waals surface area contributed by atoms with Crippen molar-refractivity contribution in [1.82, 2.24) is 24.1 Å². The first-order valence-electron chi connectivity index (χ1n) is 11.1. The number of carbonyl (C=O) groups is 1. The minimum absolute atomic E-state index is 0.0766. The number of amides is 1. The summed E-state index contributed by atoms with van der Waals surface area (Å²) in [5.74, 6) is -0.592. The quantitative estimate of drug-likeness (QED) is 0.616. The second kappa shape index (κ2) is 8.43. The van der Waals surface area contributed by atoms with Gasteiger partial charge in [-0.2, -0.15) is 9.61 Å². The molecule has 2 aliphatic heterocycles. The highest BCUT2D eigenvalue weighted by Gasteiger charge is 2.33. The Kier molecular flexibility index (Phi) is 5.45. The molecule has 1 amide bonds. The first kappa shape index (κ1) is 21.3. The molecule has 5 rings (SSSR count). The van der Waals surface area contributed by atoms with Gasteiger partial charge in [0.1, 0.15) is 23.8 Å². The van der Waals surface area contributed by atoms with Crippen molar-refractivity contribution < 1.29 is 13.9 Å². The van der Waals surface area contributed by atoms with Crippen LogP contribution in [0.1, 0.15) is 36.7 Å². The van der Waals surface area contributed by atoms with Crippen molar-refractivity contribution in [2.75, 3.05) is 18.5 Å². The molecule has 0 bridgehead atoms. The third-order valence-electron chi connectivity index (χ3n) is 6.13. The van der Waals surface area contributed by atoms with Gasteiger partial charge in [0.25, 0.3) is 5.56 Å². The monoisotopic (exact) mass is 452 g/mol. The summed E-state index contributed by atoms with van der Waals surface area (Å²) < 4.78 is 22.1. The van der Waals surface area contributed by atoms with Crippen molar-refractivity contribution >= 4 is 23.1 Å². The Hall–Kier alpha value is -3.53. The number of carbonyl (C=O) groups excluding carboxylic acids is 1. The van der Waals surface area contributed by atoms with Crippen molar-refractivity contribution in [3.63, 3.8) is 0 Å². The van der Waals surface area contributed by atoms with Crippen LogP contribution in [0.5, 0.6) is 0 Å². The molecule has 1 saturated heterocycles. The van der Waals surface area contributed by atoms with Crippen LogP contribution < -0.4 is 10.9 Å². The van der Waals surface area contributed by atoms with Gasteiger partial charge in [-0.1, -0.05) is 13.5 Å². The van der Waals surface area contributed by atoms with E-state index in [0.717, 1.165) is 31.3 Å². The fourth-order valence-electron chi connectivity index (χ4n) is 4.49. The number of nitrogens with one attached hydrogen (secondary N) is 1. The molecule has 0 saturated carbocycles. The number of nitrogens with zero attached hydrogens (tertiary/aromatic N) is 5. The molecule has 2 aliphatic rings. The number of ether oxygens (including phenoxy) is 1. The van der Waals surface area contributed by atoms with Gasteiger partial charge in [0.15, 0.2) is 0 Å². The molecule has 5 heterocycles. The van der Waals surface area contributed by atoms with Gasteiger partial charge in [-0.05, 0) is 31.4 Å². The van der Waals surface area contributed by atoms with E-state index in [9.17, 15) is 14.0 Å². The van der Waals surface area contributed by atoms with Crippen molar-refractivity contribution in [2.45, 2.75) is 45.4 Å². The van der Waals surface area contributed by atoms with Gasteiger partial charge in [-0.15, -0.1) is 0 Å². The second-order valence-corrected chi connectivity index (χ2v) is 8.35. The number of anilines is 1. The molecular weight excluding hydrogens is 427 g/mol. The van der Waals surface area contributed by atoms with Crippen LogP contribution in [-0.2, 0) is 29.0 Å². The summed E-state index contributed by atoms with van der Waals surface area (Å²) in [5.41, 5.74) is 2.96. The van der Waals surface area contributed by atoms with E-state index >= 15 is 0 Å². The number of aryl methyl sites for hydroxylation is 1. The zero-order valence-electron chi connectivity index (χ0n) is 18.4. The molecule has 0 spiro atoms. The van der Waals surface area contributed by atoms with Gasteiger partial charge in [0.05, 0.1) is 41.5 Å². The number of pyridine rings is 1. The van der Waals surface area contributed by atoms with Crippen LogP contribution >= 0.6 is 0 Å². The lowest BCUT2D eigenvalue weighted by Gasteiger charge is -2.23. The van der Waals surface area contributed by atoms with Gasteiger partial charge in [-0.25, -0.2) is 9.37 Å². The Labute approximate surface area is 189 Å². The number of aromatic nitrogens is 4. The molecule has 3 aromatic rings. The summed E-state index contributed by atoms with van der Waals surface area (Å²) in [6.45, 7) is 7.91. The summed E-state index contributed by atoms with van der Waals surface area (Å²) in [7, 11) is 0. The van der Waals surface area contributed by atoms with Crippen LogP contribution in [0.25, 0.3) is 11.3 Å². The van der Waals surface area contributed by atoms with Gasteiger partial charge in [0, 0.05) is 19.2 Å². The lowest BCUT2D eigenvalue weighted by molar-refractivity contribution is -0.116. The number of halogens is 1. The molecule has 0 radical (unpaired) electrons. The summed E-state index contributed by atoms with van der Waals surface area (Å²) in [6.07, 6.45) is 3.79. The zero-order chi connectivity index (χ0) is 23.1. The molecule has 0 aliphatic carbocycles. The fraction of sp³-hybridized carbons (Fsp3) is 0.391. The summed E-state index contributed by atoms with van der Waals surface area (Å²) >= 11 is 0. The maximum Gasteiger partial charge on any atom is 0.280 e. The van der Waals surface area contributed by atoms with Gasteiger partial charge >= 0.3 is 0 Å². The molecule has 33 heavy (non-hydrogen) atoms. The molecule has 1 atom stereocenters. The normalized spacial score (nSPS) is 17.7. The van der Waals surface area contributed by atoms with Crippen molar-refractivity contribution in [1.29, 1.82) is 0 Å². The Morgan fingerprint density at radius 1 is 1.39 bits per heavy atom. The van der Waals surface area contributed by atoms with Crippen LogP contribution in [0.3, 0.4) is 0 Å². The van der Waals surface area contributed by atoms with Crippen LogP contribution in [-0.4, -0.2) is 49.2 Å². The van der Waals surface area contributed by atoms with Gasteiger partial charge < -0.3 is 19.5 Å².